The number of benzene rings is 2. The summed E-state index contributed by atoms with van der Waals surface area (Å²) >= 11 is 0. The number of hydrogen-bond donors (Lipinski definition) is 1. The average Bonchev–Trinajstić information content (AvgIpc) is 2.72. The first-order valence-electron chi connectivity index (χ1n) is 8.49. The Morgan fingerprint density at radius 3 is 2.45 bits per heavy atom. The number of halogens is 3. The summed E-state index contributed by atoms with van der Waals surface area (Å²) in [7, 11) is 0. The van der Waals surface area contributed by atoms with E-state index in [2.05, 4.69) is 10.3 Å². The third kappa shape index (κ3) is 5.19. The molecule has 0 unspecified atom stereocenters. The third-order valence-corrected chi connectivity index (χ3v) is 3.91. The molecular formula is C21H15F3N2O3. The number of ketones is 1. The van der Waals surface area contributed by atoms with Crippen LogP contribution in [-0.2, 0) is 10.9 Å². The van der Waals surface area contributed by atoms with Gasteiger partial charge >= 0.3 is 12.1 Å². The standard InChI is InChI=1S/C21H15F3N2O3/c22-21(23,24)15-8-4-9-16(12-15)26-19-17(10-5-11-25-19)20(28)29-13-18(27)14-6-2-1-3-7-14/h1-12H,13H2,(H,25,26). The van der Waals surface area contributed by atoms with Gasteiger partial charge in [0.2, 0.25) is 0 Å². The van der Waals surface area contributed by atoms with Crippen LogP contribution in [0.1, 0.15) is 26.3 Å². The first kappa shape index (κ1) is 20.1. The second kappa shape index (κ2) is 8.55. The lowest BCUT2D eigenvalue weighted by molar-refractivity contribution is -0.137. The van der Waals surface area contributed by atoms with Crippen LogP contribution >= 0.6 is 0 Å². The van der Waals surface area contributed by atoms with Gasteiger partial charge in [-0.1, -0.05) is 36.4 Å². The van der Waals surface area contributed by atoms with Crippen molar-refractivity contribution in [3.05, 3.63) is 89.6 Å². The number of alkyl halides is 3. The normalized spacial score (nSPS) is 11.0. The highest BCUT2D eigenvalue weighted by Gasteiger charge is 2.30. The Kier molecular flexibility index (Phi) is 5.92. The molecule has 1 N–H and O–H groups in total. The first-order chi connectivity index (χ1) is 13.8. The number of anilines is 2. The number of Topliss-reactive ketones (excluding diaryl/α,β-unsaturated/α-hetero) is 1. The number of carbonyl (C=O) groups is 2. The van der Waals surface area contributed by atoms with E-state index in [1.807, 2.05) is 0 Å². The van der Waals surface area contributed by atoms with Crippen LogP contribution in [0.5, 0.6) is 0 Å². The molecule has 0 fully saturated rings. The SMILES string of the molecule is O=C(COC(=O)c1cccnc1Nc1cccc(C(F)(F)F)c1)c1ccccc1. The van der Waals surface area contributed by atoms with Crippen LogP contribution < -0.4 is 5.32 Å². The van der Waals surface area contributed by atoms with E-state index in [0.29, 0.717) is 5.56 Å². The zero-order chi connectivity index (χ0) is 20.9. The molecule has 5 nitrogen and oxygen atoms in total. The van der Waals surface area contributed by atoms with Gasteiger partial charge in [-0.25, -0.2) is 9.78 Å². The summed E-state index contributed by atoms with van der Waals surface area (Å²) in [5.74, 6) is -1.18. The number of pyridine rings is 1. The average molecular weight is 400 g/mol. The van der Waals surface area contributed by atoms with Crippen molar-refractivity contribution in [1.29, 1.82) is 0 Å². The number of nitrogens with one attached hydrogen (secondary N) is 1. The first-order valence-corrected chi connectivity index (χ1v) is 8.49. The van der Waals surface area contributed by atoms with Crippen LogP contribution in [0.3, 0.4) is 0 Å². The predicted octanol–water partition coefficient (Wildman–Crippen LogP) is 4.88. The Morgan fingerprint density at radius 1 is 0.966 bits per heavy atom. The van der Waals surface area contributed by atoms with Crippen molar-refractivity contribution < 1.29 is 27.5 Å². The van der Waals surface area contributed by atoms with E-state index < -0.39 is 24.3 Å². The second-order valence-corrected chi connectivity index (χ2v) is 5.97. The maximum atomic E-state index is 12.9. The van der Waals surface area contributed by atoms with Gasteiger partial charge in [-0.05, 0) is 30.3 Å². The number of ether oxygens (including phenoxy) is 1. The molecule has 2 aromatic carbocycles. The van der Waals surface area contributed by atoms with Crippen molar-refractivity contribution in [2.24, 2.45) is 0 Å². The molecule has 29 heavy (non-hydrogen) atoms. The van der Waals surface area contributed by atoms with E-state index in [0.717, 1.165) is 12.1 Å². The number of hydrogen-bond acceptors (Lipinski definition) is 5. The fourth-order valence-corrected chi connectivity index (χ4v) is 2.50. The fourth-order valence-electron chi connectivity index (χ4n) is 2.50. The molecule has 0 saturated carbocycles. The molecule has 0 radical (unpaired) electrons. The number of rotatable bonds is 6. The van der Waals surface area contributed by atoms with E-state index in [-0.39, 0.29) is 22.9 Å². The Morgan fingerprint density at radius 2 is 1.72 bits per heavy atom. The summed E-state index contributed by atoms with van der Waals surface area (Å²) in [6.07, 6.45) is -3.12. The Balaban J connectivity index is 1.73. The molecule has 3 rings (SSSR count). The van der Waals surface area contributed by atoms with E-state index >= 15 is 0 Å². The minimum absolute atomic E-state index is 0.00854. The molecule has 0 bridgehead atoms. The van der Waals surface area contributed by atoms with Crippen LogP contribution in [0, 0.1) is 0 Å². The van der Waals surface area contributed by atoms with Gasteiger partial charge in [-0.15, -0.1) is 0 Å². The third-order valence-electron chi connectivity index (χ3n) is 3.91. The number of carbonyl (C=O) groups excluding carboxylic acids is 2. The highest BCUT2D eigenvalue weighted by atomic mass is 19.4. The largest absolute Gasteiger partial charge is 0.454 e. The van der Waals surface area contributed by atoms with Gasteiger partial charge in [0.25, 0.3) is 0 Å². The summed E-state index contributed by atoms with van der Waals surface area (Å²) in [4.78, 5) is 28.5. The molecule has 8 heteroatoms. The van der Waals surface area contributed by atoms with Crippen molar-refractivity contribution in [2.75, 3.05) is 11.9 Å². The van der Waals surface area contributed by atoms with Crippen molar-refractivity contribution in [3.8, 4) is 0 Å². The lowest BCUT2D eigenvalue weighted by Crippen LogP contribution is -2.15. The van der Waals surface area contributed by atoms with Gasteiger partial charge in [0.15, 0.2) is 12.4 Å². The van der Waals surface area contributed by atoms with Crippen LogP contribution in [0.25, 0.3) is 0 Å². The maximum Gasteiger partial charge on any atom is 0.416 e. The minimum atomic E-state index is -4.50. The number of nitrogens with zero attached hydrogens (tertiary/aromatic N) is 1. The Labute approximate surface area is 164 Å². The molecule has 0 aliphatic heterocycles. The summed E-state index contributed by atoms with van der Waals surface area (Å²) in [6.45, 7) is -0.471. The van der Waals surface area contributed by atoms with Crippen molar-refractivity contribution in [1.82, 2.24) is 4.98 Å². The van der Waals surface area contributed by atoms with Gasteiger partial charge in [0.05, 0.1) is 5.56 Å². The monoisotopic (exact) mass is 400 g/mol. The number of esters is 1. The zero-order valence-corrected chi connectivity index (χ0v) is 14.9. The molecule has 0 saturated heterocycles. The van der Waals surface area contributed by atoms with Crippen LogP contribution in [0.2, 0.25) is 0 Å². The molecule has 0 atom stereocenters. The summed E-state index contributed by atoms with van der Waals surface area (Å²) < 4.78 is 43.7. The quantitative estimate of drug-likeness (QED) is 0.472. The van der Waals surface area contributed by atoms with E-state index in [4.69, 9.17) is 4.74 Å². The molecule has 1 aromatic heterocycles. The smallest absolute Gasteiger partial charge is 0.416 e. The topological polar surface area (TPSA) is 68.3 Å². The summed E-state index contributed by atoms with van der Waals surface area (Å²) in [5.41, 5.74) is -0.344. The summed E-state index contributed by atoms with van der Waals surface area (Å²) in [5, 5.41) is 2.69. The fraction of sp³-hybridized carbons (Fsp3) is 0.0952. The van der Waals surface area contributed by atoms with E-state index in [1.165, 1.54) is 30.5 Å². The van der Waals surface area contributed by atoms with Crippen LogP contribution in [0.4, 0.5) is 24.7 Å². The lowest BCUT2D eigenvalue weighted by Gasteiger charge is -2.12. The van der Waals surface area contributed by atoms with E-state index in [9.17, 15) is 22.8 Å². The van der Waals surface area contributed by atoms with Crippen LogP contribution in [-0.4, -0.2) is 23.3 Å². The molecular weight excluding hydrogens is 385 g/mol. The van der Waals surface area contributed by atoms with Crippen LogP contribution in [0.15, 0.2) is 72.9 Å². The molecule has 1 heterocycles. The predicted molar refractivity (Wildman–Crippen MR) is 100 cm³/mol. The number of aromatic nitrogens is 1. The molecule has 0 aliphatic carbocycles. The molecule has 148 valence electrons. The van der Waals surface area contributed by atoms with Crippen molar-refractivity contribution >= 4 is 23.3 Å². The molecule has 0 amide bonds. The van der Waals surface area contributed by atoms with Gasteiger partial charge in [0.1, 0.15) is 11.4 Å². The highest BCUT2D eigenvalue weighted by molar-refractivity contribution is 6.00. The maximum absolute atomic E-state index is 12.9. The van der Waals surface area contributed by atoms with Crippen molar-refractivity contribution in [2.45, 2.75) is 6.18 Å². The Bertz CT molecular complexity index is 1020. The lowest BCUT2D eigenvalue weighted by atomic mass is 10.1. The van der Waals surface area contributed by atoms with Gasteiger partial charge in [-0.2, -0.15) is 13.2 Å². The van der Waals surface area contributed by atoms with Gasteiger partial charge in [-0.3, -0.25) is 4.79 Å². The zero-order valence-electron chi connectivity index (χ0n) is 14.9. The highest BCUT2D eigenvalue weighted by Crippen LogP contribution is 2.31. The van der Waals surface area contributed by atoms with Crippen molar-refractivity contribution in [3.63, 3.8) is 0 Å². The van der Waals surface area contributed by atoms with E-state index in [1.54, 1.807) is 30.3 Å². The second-order valence-electron chi connectivity index (χ2n) is 5.97. The molecule has 3 aromatic rings. The van der Waals surface area contributed by atoms with Gasteiger partial charge in [0, 0.05) is 17.4 Å². The Hall–Kier alpha value is -3.68. The minimum Gasteiger partial charge on any atom is -0.454 e. The molecule has 0 aliphatic rings. The van der Waals surface area contributed by atoms with Gasteiger partial charge < -0.3 is 10.1 Å². The summed E-state index contributed by atoms with van der Waals surface area (Å²) in [6, 6.07) is 15.7. The molecule has 0 spiro atoms.